The van der Waals surface area contributed by atoms with Crippen LogP contribution in [0.5, 0.6) is 11.5 Å². The van der Waals surface area contributed by atoms with Gasteiger partial charge in [-0.15, -0.1) is 0 Å². The van der Waals surface area contributed by atoms with Gasteiger partial charge in [-0.25, -0.2) is 0 Å². The first-order chi connectivity index (χ1) is 10.2. The Kier molecular flexibility index (Phi) is 4.63. The first-order valence-electron chi connectivity index (χ1n) is 7.69. The van der Waals surface area contributed by atoms with Crippen LogP contribution in [0.1, 0.15) is 24.5 Å². The lowest BCUT2D eigenvalue weighted by atomic mass is 9.98. The fraction of sp³-hybridized carbons (Fsp3) is 0.625. The van der Waals surface area contributed by atoms with Crippen LogP contribution in [0.4, 0.5) is 0 Å². The summed E-state index contributed by atoms with van der Waals surface area (Å²) in [6.45, 7) is 4.15. The molecule has 2 aliphatic rings. The highest BCUT2D eigenvalue weighted by Crippen LogP contribution is 2.34. The predicted molar refractivity (Wildman–Crippen MR) is 80.6 cm³/mol. The van der Waals surface area contributed by atoms with Crippen molar-refractivity contribution in [3.8, 4) is 11.5 Å². The van der Waals surface area contributed by atoms with Gasteiger partial charge in [-0.2, -0.15) is 0 Å². The van der Waals surface area contributed by atoms with E-state index >= 15 is 0 Å². The Hall–Kier alpha value is -1.30. The van der Waals surface area contributed by atoms with Gasteiger partial charge in [-0.05, 0) is 56.6 Å². The van der Waals surface area contributed by atoms with Crippen LogP contribution in [0.25, 0.3) is 0 Å². The van der Waals surface area contributed by atoms with Crippen molar-refractivity contribution in [2.45, 2.75) is 18.9 Å². The highest BCUT2D eigenvalue weighted by Gasteiger charge is 2.19. The molecule has 0 radical (unpaired) electrons. The van der Waals surface area contributed by atoms with Crippen molar-refractivity contribution in [2.24, 2.45) is 5.92 Å². The van der Waals surface area contributed by atoms with E-state index in [4.69, 9.17) is 9.47 Å². The number of hydrogen-bond donors (Lipinski definition) is 2. The maximum atomic E-state index is 10.3. The van der Waals surface area contributed by atoms with E-state index in [2.05, 4.69) is 17.3 Å². The van der Waals surface area contributed by atoms with E-state index in [0.717, 1.165) is 30.2 Å². The summed E-state index contributed by atoms with van der Waals surface area (Å²) in [7, 11) is 2.17. The zero-order chi connectivity index (χ0) is 14.7. The Morgan fingerprint density at radius 1 is 1.38 bits per heavy atom. The third kappa shape index (κ3) is 3.67. The van der Waals surface area contributed by atoms with Gasteiger partial charge in [0.25, 0.3) is 0 Å². The molecular formula is C16H24N2O3. The quantitative estimate of drug-likeness (QED) is 0.859. The number of aliphatic hydroxyl groups is 1. The third-order valence-corrected chi connectivity index (χ3v) is 4.27. The number of nitrogens with zero attached hydrogens (tertiary/aromatic N) is 1. The number of likely N-dealkylation sites (tertiary alicyclic amines) is 1. The maximum absolute atomic E-state index is 10.3. The summed E-state index contributed by atoms with van der Waals surface area (Å²) in [6.07, 6.45) is 2.03. The molecule has 1 aromatic carbocycles. The Morgan fingerprint density at radius 2 is 2.24 bits per heavy atom. The molecule has 2 unspecified atom stereocenters. The molecule has 21 heavy (non-hydrogen) atoms. The minimum Gasteiger partial charge on any atom is -0.454 e. The van der Waals surface area contributed by atoms with E-state index in [1.54, 1.807) is 0 Å². The number of benzene rings is 1. The van der Waals surface area contributed by atoms with Gasteiger partial charge in [-0.3, -0.25) is 0 Å². The molecule has 2 heterocycles. The molecule has 5 heteroatoms. The smallest absolute Gasteiger partial charge is 0.231 e. The zero-order valence-electron chi connectivity index (χ0n) is 12.5. The number of hydrogen-bond acceptors (Lipinski definition) is 5. The molecule has 2 atom stereocenters. The second-order valence-corrected chi connectivity index (χ2v) is 6.06. The van der Waals surface area contributed by atoms with Crippen molar-refractivity contribution >= 4 is 0 Å². The topological polar surface area (TPSA) is 54.0 Å². The Bertz CT molecular complexity index is 481. The second-order valence-electron chi connectivity index (χ2n) is 6.06. The van der Waals surface area contributed by atoms with Gasteiger partial charge < -0.3 is 24.8 Å². The van der Waals surface area contributed by atoms with E-state index < -0.39 is 6.10 Å². The largest absolute Gasteiger partial charge is 0.454 e. The minimum absolute atomic E-state index is 0.266. The second kappa shape index (κ2) is 6.64. The van der Waals surface area contributed by atoms with Crippen molar-refractivity contribution in [2.75, 3.05) is 40.0 Å². The number of nitrogens with one attached hydrogen (secondary N) is 1. The lowest BCUT2D eigenvalue weighted by molar-refractivity contribution is 0.162. The van der Waals surface area contributed by atoms with E-state index in [1.165, 1.54) is 19.4 Å². The van der Waals surface area contributed by atoms with Crippen LogP contribution in [0.3, 0.4) is 0 Å². The highest BCUT2D eigenvalue weighted by molar-refractivity contribution is 5.45. The zero-order valence-corrected chi connectivity index (χ0v) is 12.5. The van der Waals surface area contributed by atoms with Gasteiger partial charge in [0.1, 0.15) is 0 Å². The van der Waals surface area contributed by atoms with Crippen LogP contribution in [-0.2, 0) is 0 Å². The average molecular weight is 292 g/mol. The number of piperidine rings is 1. The molecule has 0 amide bonds. The Balaban J connectivity index is 1.46. The predicted octanol–water partition coefficient (Wildman–Crippen LogP) is 1.38. The molecule has 0 saturated carbocycles. The van der Waals surface area contributed by atoms with E-state index in [9.17, 15) is 5.11 Å². The molecule has 1 aromatic rings. The molecule has 0 aliphatic carbocycles. The lowest BCUT2D eigenvalue weighted by Gasteiger charge is -2.30. The minimum atomic E-state index is -0.513. The normalized spacial score (nSPS) is 23.2. The summed E-state index contributed by atoms with van der Waals surface area (Å²) in [6, 6.07) is 5.62. The monoisotopic (exact) mass is 292 g/mol. The van der Waals surface area contributed by atoms with Crippen LogP contribution in [0, 0.1) is 5.92 Å². The molecule has 1 fully saturated rings. The molecule has 116 valence electrons. The van der Waals surface area contributed by atoms with Gasteiger partial charge >= 0.3 is 0 Å². The summed E-state index contributed by atoms with van der Waals surface area (Å²) in [4.78, 5) is 2.38. The van der Waals surface area contributed by atoms with Crippen molar-refractivity contribution < 1.29 is 14.6 Å². The van der Waals surface area contributed by atoms with Gasteiger partial charge in [-0.1, -0.05) is 6.07 Å². The molecule has 0 aromatic heterocycles. The van der Waals surface area contributed by atoms with Crippen molar-refractivity contribution in [1.29, 1.82) is 0 Å². The molecule has 1 saturated heterocycles. The fourth-order valence-electron chi connectivity index (χ4n) is 3.10. The van der Waals surface area contributed by atoms with E-state index in [1.807, 2.05) is 18.2 Å². The van der Waals surface area contributed by atoms with E-state index in [0.29, 0.717) is 12.5 Å². The van der Waals surface area contributed by atoms with Crippen LogP contribution >= 0.6 is 0 Å². The van der Waals surface area contributed by atoms with Crippen LogP contribution in [0.15, 0.2) is 18.2 Å². The summed E-state index contributed by atoms with van der Waals surface area (Å²) in [5.74, 6) is 2.16. The summed E-state index contributed by atoms with van der Waals surface area (Å²) in [5.41, 5.74) is 0.868. The number of rotatable bonds is 5. The number of fused-ring (bicyclic) bond motifs is 1. The van der Waals surface area contributed by atoms with Crippen molar-refractivity contribution in [3.63, 3.8) is 0 Å². The molecular weight excluding hydrogens is 268 g/mol. The van der Waals surface area contributed by atoms with Crippen LogP contribution in [-0.4, -0.2) is 50.0 Å². The van der Waals surface area contributed by atoms with Gasteiger partial charge in [0.05, 0.1) is 6.10 Å². The van der Waals surface area contributed by atoms with Crippen molar-refractivity contribution in [1.82, 2.24) is 10.2 Å². The molecule has 2 N–H and O–H groups in total. The van der Waals surface area contributed by atoms with Gasteiger partial charge in [0.15, 0.2) is 11.5 Å². The van der Waals surface area contributed by atoms with Gasteiger partial charge in [0, 0.05) is 13.1 Å². The maximum Gasteiger partial charge on any atom is 0.231 e. The highest BCUT2D eigenvalue weighted by atomic mass is 16.7. The van der Waals surface area contributed by atoms with Crippen LogP contribution in [0.2, 0.25) is 0 Å². The summed E-state index contributed by atoms with van der Waals surface area (Å²) >= 11 is 0. The lowest BCUT2D eigenvalue weighted by Crippen LogP contribution is -2.38. The SMILES string of the molecule is CN1CCCC(CNCC(O)c2ccc3c(c2)OCO3)C1. The number of aliphatic hydroxyl groups excluding tert-OH is 1. The first kappa shape index (κ1) is 14.6. The van der Waals surface area contributed by atoms with Crippen molar-refractivity contribution in [3.05, 3.63) is 23.8 Å². The Morgan fingerprint density at radius 3 is 3.10 bits per heavy atom. The summed E-state index contributed by atoms with van der Waals surface area (Å²) < 4.78 is 10.6. The molecule has 3 rings (SSSR count). The van der Waals surface area contributed by atoms with Crippen LogP contribution < -0.4 is 14.8 Å². The average Bonchev–Trinajstić information content (AvgIpc) is 2.94. The molecule has 0 spiro atoms. The number of ether oxygens (including phenoxy) is 2. The van der Waals surface area contributed by atoms with Gasteiger partial charge in [0.2, 0.25) is 6.79 Å². The molecule has 2 aliphatic heterocycles. The van der Waals surface area contributed by atoms with E-state index in [-0.39, 0.29) is 6.79 Å². The fourth-order valence-corrected chi connectivity index (χ4v) is 3.10. The molecule has 5 nitrogen and oxygen atoms in total. The third-order valence-electron chi connectivity index (χ3n) is 4.27. The summed E-state index contributed by atoms with van der Waals surface area (Å²) in [5, 5.41) is 13.7. The standard InChI is InChI=1S/C16H24N2O3/c1-18-6-2-3-12(10-18)8-17-9-14(19)13-4-5-15-16(7-13)21-11-20-15/h4-5,7,12,14,17,19H,2-3,6,8-11H2,1H3. The molecule has 0 bridgehead atoms. The first-order valence-corrected chi connectivity index (χ1v) is 7.69. The Labute approximate surface area is 125 Å².